The van der Waals surface area contributed by atoms with Crippen molar-refractivity contribution >= 4 is 35.3 Å². The van der Waals surface area contributed by atoms with E-state index in [9.17, 15) is 19.2 Å². The molecule has 1 aromatic rings. The molecule has 1 saturated carbocycles. The van der Waals surface area contributed by atoms with Crippen molar-refractivity contribution in [3.8, 4) is 0 Å². The third-order valence-electron chi connectivity index (χ3n) is 5.32. The number of ketones is 1. The number of hydrogen-bond donors (Lipinski definition) is 1. The van der Waals surface area contributed by atoms with Crippen molar-refractivity contribution in [1.29, 1.82) is 0 Å². The van der Waals surface area contributed by atoms with Crippen LogP contribution in [0.1, 0.15) is 43.0 Å². The number of benzene rings is 1. The Morgan fingerprint density at radius 2 is 1.96 bits per heavy atom. The molecule has 3 rings (SSSR count). The van der Waals surface area contributed by atoms with Crippen molar-refractivity contribution < 1.29 is 23.9 Å². The maximum Gasteiger partial charge on any atom is 0.326 e. The summed E-state index contributed by atoms with van der Waals surface area (Å²) in [5, 5.41) is 3.26. The highest BCUT2D eigenvalue weighted by atomic mass is 35.5. The molecule has 2 atom stereocenters. The lowest BCUT2D eigenvalue weighted by atomic mass is 9.73. The van der Waals surface area contributed by atoms with Crippen LogP contribution in [-0.4, -0.2) is 47.3 Å². The molecule has 0 bridgehead atoms. The number of ether oxygens (including phenoxy) is 1. The van der Waals surface area contributed by atoms with Crippen LogP contribution in [0.25, 0.3) is 0 Å². The number of esters is 1. The first kappa shape index (κ1) is 19.4. The van der Waals surface area contributed by atoms with Crippen LogP contribution in [0.2, 0.25) is 5.02 Å². The Bertz CT molecular complexity index is 779. The van der Waals surface area contributed by atoms with Gasteiger partial charge in [0.2, 0.25) is 0 Å². The lowest BCUT2D eigenvalue weighted by Gasteiger charge is -2.36. The lowest BCUT2D eigenvalue weighted by molar-refractivity contribution is -0.147. The van der Waals surface area contributed by atoms with Crippen LogP contribution in [0, 0.1) is 5.92 Å². The number of nitrogens with one attached hydrogen (secondary N) is 1. The molecule has 27 heavy (non-hydrogen) atoms. The summed E-state index contributed by atoms with van der Waals surface area (Å²) in [5.74, 6) is -1.58. The second-order valence-electron chi connectivity index (χ2n) is 7.03. The molecule has 2 fully saturated rings. The number of hydrogen-bond acceptors (Lipinski definition) is 5. The molecule has 1 aliphatic heterocycles. The Labute approximate surface area is 162 Å². The van der Waals surface area contributed by atoms with Crippen LogP contribution in [0.4, 0.5) is 4.79 Å². The Hall–Kier alpha value is -2.41. The van der Waals surface area contributed by atoms with Gasteiger partial charge in [-0.25, -0.2) is 4.79 Å². The number of nitrogens with zero attached hydrogens (tertiary/aromatic N) is 1. The van der Waals surface area contributed by atoms with E-state index >= 15 is 0 Å². The van der Waals surface area contributed by atoms with Gasteiger partial charge in [-0.2, -0.15) is 0 Å². The Morgan fingerprint density at radius 3 is 2.63 bits per heavy atom. The van der Waals surface area contributed by atoms with E-state index in [0.29, 0.717) is 17.0 Å². The van der Waals surface area contributed by atoms with Crippen molar-refractivity contribution in [1.82, 2.24) is 10.2 Å². The monoisotopic (exact) mass is 392 g/mol. The van der Waals surface area contributed by atoms with E-state index in [2.05, 4.69) is 5.32 Å². The first-order valence-electron chi connectivity index (χ1n) is 8.92. The predicted octanol–water partition coefficient (Wildman–Crippen LogP) is 2.57. The number of carbonyl (C=O) groups excluding carboxylic acids is 4. The highest BCUT2D eigenvalue weighted by molar-refractivity contribution is 6.30. The smallest absolute Gasteiger partial charge is 0.326 e. The molecule has 7 nitrogen and oxygen atoms in total. The standard InChI is InChI=1S/C19H21ClN2O5/c1-12-4-2-3-9-19(12)17(25)22(18(26)21-19)10-16(24)27-11-15(23)13-5-7-14(20)8-6-13/h5-8,12H,2-4,9-11H2,1H3,(H,21,26)/t12-,19-/m0/s1. The van der Waals surface area contributed by atoms with Crippen LogP contribution >= 0.6 is 11.6 Å². The number of halogens is 1. The van der Waals surface area contributed by atoms with Crippen LogP contribution in [0.15, 0.2) is 24.3 Å². The van der Waals surface area contributed by atoms with E-state index in [1.807, 2.05) is 6.92 Å². The van der Waals surface area contributed by atoms with Gasteiger partial charge in [-0.05, 0) is 43.0 Å². The third kappa shape index (κ3) is 3.83. The Morgan fingerprint density at radius 1 is 1.26 bits per heavy atom. The van der Waals surface area contributed by atoms with Gasteiger partial charge in [0, 0.05) is 10.6 Å². The second-order valence-corrected chi connectivity index (χ2v) is 7.47. The van der Waals surface area contributed by atoms with Gasteiger partial charge in [0.15, 0.2) is 12.4 Å². The Kier molecular flexibility index (Phi) is 5.51. The van der Waals surface area contributed by atoms with E-state index in [1.54, 1.807) is 12.1 Å². The van der Waals surface area contributed by atoms with E-state index in [-0.39, 0.29) is 11.8 Å². The fraction of sp³-hybridized carbons (Fsp3) is 0.474. The van der Waals surface area contributed by atoms with Gasteiger partial charge in [0.05, 0.1) is 0 Å². The van der Waals surface area contributed by atoms with Crippen LogP contribution in [-0.2, 0) is 14.3 Å². The van der Waals surface area contributed by atoms with E-state index in [0.717, 1.165) is 24.2 Å². The first-order chi connectivity index (χ1) is 12.8. The molecule has 1 heterocycles. The van der Waals surface area contributed by atoms with E-state index < -0.39 is 36.5 Å². The highest BCUT2D eigenvalue weighted by Gasteiger charge is 2.55. The van der Waals surface area contributed by atoms with Crippen molar-refractivity contribution in [2.24, 2.45) is 5.92 Å². The summed E-state index contributed by atoms with van der Waals surface area (Å²) in [6.45, 7) is 0.961. The van der Waals surface area contributed by atoms with Crippen molar-refractivity contribution in [3.05, 3.63) is 34.9 Å². The molecule has 0 radical (unpaired) electrons. The summed E-state index contributed by atoms with van der Waals surface area (Å²) >= 11 is 5.77. The molecule has 1 N–H and O–H groups in total. The lowest BCUT2D eigenvalue weighted by Crippen LogP contribution is -2.54. The first-order valence-corrected chi connectivity index (χ1v) is 9.30. The molecule has 2 aliphatic rings. The molecular weight excluding hydrogens is 372 g/mol. The summed E-state index contributed by atoms with van der Waals surface area (Å²) < 4.78 is 4.95. The largest absolute Gasteiger partial charge is 0.456 e. The zero-order valence-corrected chi connectivity index (χ0v) is 15.8. The van der Waals surface area contributed by atoms with Gasteiger partial charge in [-0.1, -0.05) is 31.4 Å². The van der Waals surface area contributed by atoms with Crippen LogP contribution < -0.4 is 5.32 Å². The van der Waals surface area contributed by atoms with E-state index in [1.165, 1.54) is 12.1 Å². The average Bonchev–Trinajstić information content (AvgIpc) is 2.88. The summed E-state index contributed by atoms with van der Waals surface area (Å²) in [6.07, 6.45) is 3.28. The summed E-state index contributed by atoms with van der Waals surface area (Å²) in [6, 6.07) is 5.60. The van der Waals surface area contributed by atoms with E-state index in [4.69, 9.17) is 16.3 Å². The molecule has 0 unspecified atom stereocenters. The normalized spacial score (nSPS) is 24.8. The molecule has 1 spiro atoms. The third-order valence-corrected chi connectivity index (χ3v) is 5.57. The fourth-order valence-electron chi connectivity index (χ4n) is 3.68. The van der Waals surface area contributed by atoms with Gasteiger partial charge < -0.3 is 10.1 Å². The summed E-state index contributed by atoms with van der Waals surface area (Å²) in [4.78, 5) is 50.0. The maximum atomic E-state index is 12.8. The number of carbonyl (C=O) groups is 4. The second kappa shape index (κ2) is 7.68. The summed E-state index contributed by atoms with van der Waals surface area (Å²) in [5.41, 5.74) is -0.563. The zero-order valence-electron chi connectivity index (χ0n) is 15.0. The van der Waals surface area contributed by atoms with Crippen molar-refractivity contribution in [3.63, 3.8) is 0 Å². The van der Waals surface area contributed by atoms with Gasteiger partial charge in [0.25, 0.3) is 5.91 Å². The molecular formula is C19H21ClN2O5. The molecule has 1 aliphatic carbocycles. The van der Waals surface area contributed by atoms with Crippen LogP contribution in [0.5, 0.6) is 0 Å². The van der Waals surface area contributed by atoms with Gasteiger partial charge >= 0.3 is 12.0 Å². The SMILES string of the molecule is C[C@H]1CCCC[C@]12NC(=O)N(CC(=O)OCC(=O)c1ccc(Cl)cc1)C2=O. The number of urea groups is 1. The number of Topliss-reactive ketones (excluding diaryl/α,β-unsaturated/α-hetero) is 1. The Balaban J connectivity index is 1.57. The predicted molar refractivity (Wildman–Crippen MR) is 97.3 cm³/mol. The molecule has 1 saturated heterocycles. The van der Waals surface area contributed by atoms with Gasteiger partial charge in [-0.3, -0.25) is 19.3 Å². The zero-order chi connectivity index (χ0) is 19.6. The minimum Gasteiger partial charge on any atom is -0.456 e. The molecule has 144 valence electrons. The maximum absolute atomic E-state index is 12.8. The molecule has 8 heteroatoms. The topological polar surface area (TPSA) is 92.8 Å². The minimum atomic E-state index is -0.922. The van der Waals surface area contributed by atoms with Gasteiger partial charge in [0.1, 0.15) is 12.1 Å². The van der Waals surface area contributed by atoms with Gasteiger partial charge in [-0.15, -0.1) is 0 Å². The minimum absolute atomic E-state index is 0.00945. The molecule has 3 amide bonds. The highest BCUT2D eigenvalue weighted by Crippen LogP contribution is 2.38. The van der Waals surface area contributed by atoms with Crippen molar-refractivity contribution in [2.45, 2.75) is 38.1 Å². The molecule has 1 aromatic carbocycles. The number of rotatable bonds is 5. The average molecular weight is 393 g/mol. The number of imide groups is 1. The number of amides is 3. The van der Waals surface area contributed by atoms with Crippen molar-refractivity contribution in [2.75, 3.05) is 13.2 Å². The summed E-state index contributed by atoms with van der Waals surface area (Å²) in [7, 11) is 0. The fourth-order valence-corrected chi connectivity index (χ4v) is 3.80. The van der Waals surface area contributed by atoms with Crippen LogP contribution in [0.3, 0.4) is 0 Å². The molecule has 0 aromatic heterocycles. The quantitative estimate of drug-likeness (QED) is 0.472.